The minimum absolute atomic E-state index is 0.146. The Hall–Kier alpha value is -2.64. The van der Waals surface area contributed by atoms with Crippen molar-refractivity contribution in [1.82, 2.24) is 9.78 Å². The molecule has 0 radical (unpaired) electrons. The van der Waals surface area contributed by atoms with Crippen molar-refractivity contribution in [2.75, 3.05) is 18.5 Å². The maximum absolute atomic E-state index is 12.6. The van der Waals surface area contributed by atoms with Gasteiger partial charge in [-0.15, -0.1) is 0 Å². The number of aryl methyl sites for hydroxylation is 1. The van der Waals surface area contributed by atoms with Crippen molar-refractivity contribution in [2.24, 2.45) is 0 Å². The number of nitrogens with one attached hydrogen (secondary N) is 1. The predicted octanol–water partition coefficient (Wildman–Crippen LogP) is 2.54. The Balaban J connectivity index is 1.67. The molecule has 1 aliphatic rings. The quantitative estimate of drug-likeness (QED) is 0.939. The molecule has 0 unspecified atom stereocenters. The van der Waals surface area contributed by atoms with E-state index in [1.54, 1.807) is 25.1 Å². The van der Waals surface area contributed by atoms with Gasteiger partial charge in [0.2, 0.25) is 5.91 Å². The minimum Gasteiger partial charge on any atom is -0.486 e. The van der Waals surface area contributed by atoms with Crippen LogP contribution in [0.1, 0.15) is 17.8 Å². The Morgan fingerprint density at radius 2 is 2.04 bits per heavy atom. The highest BCUT2D eigenvalue weighted by Crippen LogP contribution is 2.32. The maximum atomic E-state index is 12.6. The van der Waals surface area contributed by atoms with Crippen LogP contribution in [-0.2, 0) is 11.3 Å². The number of carbonyl (C=O) groups is 1. The van der Waals surface area contributed by atoms with Crippen molar-refractivity contribution >= 4 is 11.6 Å². The molecule has 0 bridgehead atoms. The molecule has 0 saturated carbocycles. The third kappa shape index (κ3) is 3.41. The summed E-state index contributed by atoms with van der Waals surface area (Å²) >= 11 is 0. The highest BCUT2D eigenvalue weighted by Gasteiger charge is 2.16. The number of halogens is 2. The van der Waals surface area contributed by atoms with Crippen LogP contribution in [0, 0.1) is 6.92 Å². The average Bonchev–Trinajstić information content (AvgIpc) is 2.88. The van der Waals surface area contributed by atoms with Crippen molar-refractivity contribution in [1.29, 1.82) is 0 Å². The zero-order chi connectivity index (χ0) is 16.4. The van der Waals surface area contributed by atoms with Crippen LogP contribution in [0.5, 0.6) is 11.5 Å². The number of amides is 1. The molecule has 1 N–H and O–H groups in total. The fraction of sp³-hybridized carbons (Fsp3) is 0.333. The lowest BCUT2D eigenvalue weighted by molar-refractivity contribution is -0.117. The fourth-order valence-electron chi connectivity index (χ4n) is 2.26. The Bertz CT molecular complexity index is 731. The largest absolute Gasteiger partial charge is 0.486 e. The molecule has 8 heteroatoms. The molecule has 1 aliphatic heterocycles. The van der Waals surface area contributed by atoms with Gasteiger partial charge in [-0.3, -0.25) is 9.48 Å². The van der Waals surface area contributed by atoms with Crippen molar-refractivity contribution in [3.8, 4) is 11.5 Å². The number of rotatable bonds is 4. The van der Waals surface area contributed by atoms with E-state index in [1.165, 1.54) is 10.7 Å². The molecular weight excluding hydrogens is 308 g/mol. The van der Waals surface area contributed by atoms with Crippen molar-refractivity contribution in [3.05, 3.63) is 35.7 Å². The van der Waals surface area contributed by atoms with Gasteiger partial charge in [-0.1, -0.05) is 0 Å². The van der Waals surface area contributed by atoms with Gasteiger partial charge in [-0.25, -0.2) is 8.78 Å². The molecule has 0 atom stereocenters. The van der Waals surface area contributed by atoms with Crippen LogP contribution in [0.15, 0.2) is 24.3 Å². The van der Waals surface area contributed by atoms with E-state index in [0.29, 0.717) is 36.1 Å². The van der Waals surface area contributed by atoms with E-state index in [2.05, 4.69) is 10.4 Å². The third-order valence-corrected chi connectivity index (χ3v) is 3.34. The van der Waals surface area contributed by atoms with Gasteiger partial charge in [0, 0.05) is 17.4 Å². The summed E-state index contributed by atoms with van der Waals surface area (Å²) in [6, 6.07) is 6.32. The normalized spacial score (nSPS) is 13.2. The van der Waals surface area contributed by atoms with E-state index in [9.17, 15) is 13.6 Å². The van der Waals surface area contributed by atoms with Crippen LogP contribution < -0.4 is 14.8 Å². The van der Waals surface area contributed by atoms with Crippen molar-refractivity contribution in [2.45, 2.75) is 19.9 Å². The number of hydrogen-bond donors (Lipinski definition) is 1. The van der Waals surface area contributed by atoms with Gasteiger partial charge in [-0.2, -0.15) is 5.10 Å². The first kappa shape index (κ1) is 15.3. The number of carbonyl (C=O) groups excluding carboxylic acids is 1. The molecule has 1 amide bonds. The summed E-state index contributed by atoms with van der Waals surface area (Å²) in [4.78, 5) is 12.0. The Kier molecular flexibility index (Phi) is 4.14. The highest BCUT2D eigenvalue weighted by atomic mass is 19.3. The molecule has 2 heterocycles. The summed E-state index contributed by atoms with van der Waals surface area (Å²) in [5, 5.41) is 6.41. The first-order valence-electron chi connectivity index (χ1n) is 7.05. The molecule has 0 spiro atoms. The van der Waals surface area contributed by atoms with Gasteiger partial charge < -0.3 is 14.8 Å². The van der Waals surface area contributed by atoms with Crippen molar-refractivity contribution < 1.29 is 23.0 Å². The molecule has 122 valence electrons. The molecular formula is C15H15F2N3O3. The van der Waals surface area contributed by atoms with Crippen molar-refractivity contribution in [3.63, 3.8) is 0 Å². The summed E-state index contributed by atoms with van der Waals surface area (Å²) < 4.78 is 37.3. The molecule has 1 aromatic carbocycles. The van der Waals surface area contributed by atoms with Crippen LogP contribution in [0.2, 0.25) is 0 Å². The van der Waals surface area contributed by atoms with E-state index in [0.717, 1.165) is 0 Å². The topological polar surface area (TPSA) is 65.4 Å². The lowest BCUT2D eigenvalue weighted by Gasteiger charge is -2.19. The van der Waals surface area contributed by atoms with E-state index in [4.69, 9.17) is 9.47 Å². The number of ether oxygens (including phenoxy) is 2. The smallest absolute Gasteiger partial charge is 0.282 e. The summed E-state index contributed by atoms with van der Waals surface area (Å²) in [6.07, 6.45) is -2.66. The number of benzene rings is 1. The fourth-order valence-corrected chi connectivity index (χ4v) is 2.26. The zero-order valence-corrected chi connectivity index (χ0v) is 12.4. The average molecular weight is 323 g/mol. The third-order valence-electron chi connectivity index (χ3n) is 3.34. The Morgan fingerprint density at radius 3 is 2.74 bits per heavy atom. The second kappa shape index (κ2) is 6.23. The van der Waals surface area contributed by atoms with E-state index < -0.39 is 6.43 Å². The van der Waals surface area contributed by atoms with Gasteiger partial charge in [-0.05, 0) is 25.1 Å². The monoisotopic (exact) mass is 323 g/mol. The van der Waals surface area contributed by atoms with Gasteiger partial charge in [0.05, 0.1) is 0 Å². The van der Waals surface area contributed by atoms with Crippen LogP contribution in [0.3, 0.4) is 0 Å². The molecule has 1 aromatic heterocycles. The Morgan fingerprint density at radius 1 is 1.30 bits per heavy atom. The second-order valence-electron chi connectivity index (χ2n) is 5.08. The van der Waals surface area contributed by atoms with Crippen LogP contribution in [-0.4, -0.2) is 28.9 Å². The molecule has 0 saturated heterocycles. The van der Waals surface area contributed by atoms with Crippen LogP contribution >= 0.6 is 0 Å². The summed E-state index contributed by atoms with van der Waals surface area (Å²) in [5.41, 5.74) is 0.699. The molecule has 3 rings (SSSR count). The number of anilines is 1. The second-order valence-corrected chi connectivity index (χ2v) is 5.08. The molecule has 23 heavy (non-hydrogen) atoms. The lowest BCUT2D eigenvalue weighted by Crippen LogP contribution is -2.21. The molecule has 2 aromatic rings. The lowest BCUT2D eigenvalue weighted by atomic mass is 10.2. The van der Waals surface area contributed by atoms with Gasteiger partial charge in [0.15, 0.2) is 11.5 Å². The number of nitrogens with zero attached hydrogens (tertiary/aromatic N) is 2. The van der Waals surface area contributed by atoms with Crippen LogP contribution in [0.25, 0.3) is 0 Å². The Labute approximate surface area is 131 Å². The van der Waals surface area contributed by atoms with Gasteiger partial charge >= 0.3 is 0 Å². The van der Waals surface area contributed by atoms with E-state index in [1.807, 2.05) is 0 Å². The molecule has 0 aliphatic carbocycles. The van der Waals surface area contributed by atoms with E-state index >= 15 is 0 Å². The molecule has 6 nitrogen and oxygen atoms in total. The number of hydrogen-bond acceptors (Lipinski definition) is 4. The SMILES string of the molecule is Cc1cc(C(F)F)nn1CC(=O)Nc1ccc2c(c1)OCCO2. The van der Waals surface area contributed by atoms with Gasteiger partial charge in [0.1, 0.15) is 25.5 Å². The predicted molar refractivity (Wildman–Crippen MR) is 78.0 cm³/mol. The highest BCUT2D eigenvalue weighted by molar-refractivity contribution is 5.90. The molecule has 0 fully saturated rings. The van der Waals surface area contributed by atoms with E-state index in [-0.39, 0.29) is 18.1 Å². The first-order valence-corrected chi connectivity index (χ1v) is 7.05. The zero-order valence-electron chi connectivity index (χ0n) is 12.4. The number of alkyl halides is 2. The summed E-state index contributed by atoms with van der Waals surface area (Å²) in [6.45, 7) is 2.42. The standard InChI is InChI=1S/C15H15F2N3O3/c1-9-6-11(15(16)17)19-20(9)8-14(21)18-10-2-3-12-13(7-10)23-5-4-22-12/h2-3,6-7,15H,4-5,8H2,1H3,(H,18,21). The number of aromatic nitrogens is 2. The first-order chi connectivity index (χ1) is 11.0. The summed E-state index contributed by atoms with van der Waals surface area (Å²) in [5.74, 6) is 0.816. The maximum Gasteiger partial charge on any atom is 0.282 e. The summed E-state index contributed by atoms with van der Waals surface area (Å²) in [7, 11) is 0. The van der Waals surface area contributed by atoms with Crippen LogP contribution in [0.4, 0.5) is 14.5 Å². The minimum atomic E-state index is -2.66. The number of fused-ring (bicyclic) bond motifs is 1. The van der Waals surface area contributed by atoms with Gasteiger partial charge in [0.25, 0.3) is 6.43 Å².